The van der Waals surface area contributed by atoms with Gasteiger partial charge in [0.2, 0.25) is 0 Å². The Morgan fingerprint density at radius 2 is 1.78 bits per heavy atom. The fourth-order valence-corrected chi connectivity index (χ4v) is 4.60. The summed E-state index contributed by atoms with van der Waals surface area (Å²) in [6.07, 6.45) is 0.0312. The fraction of sp³-hybridized carbons (Fsp3) is 0.179. The molecule has 0 saturated heterocycles. The van der Waals surface area contributed by atoms with Gasteiger partial charge in [0.25, 0.3) is 5.91 Å². The van der Waals surface area contributed by atoms with Gasteiger partial charge in [0, 0.05) is 10.9 Å². The summed E-state index contributed by atoms with van der Waals surface area (Å²) in [6, 6.07) is 15.6. The van der Waals surface area contributed by atoms with E-state index in [9.17, 15) is 18.8 Å². The molecule has 5 rings (SSSR count). The molecule has 0 radical (unpaired) electrons. The lowest BCUT2D eigenvalue weighted by Crippen LogP contribution is -2.36. The molecule has 0 unspecified atom stereocenters. The summed E-state index contributed by atoms with van der Waals surface area (Å²) in [5, 5.41) is 3.18. The molecular weight excluding hydrogens is 465 g/mol. The van der Waals surface area contributed by atoms with Crippen molar-refractivity contribution >= 4 is 34.3 Å². The van der Waals surface area contributed by atoms with Crippen molar-refractivity contribution in [3.63, 3.8) is 0 Å². The van der Waals surface area contributed by atoms with Crippen LogP contribution in [0.15, 0.2) is 65.1 Å². The van der Waals surface area contributed by atoms with Crippen molar-refractivity contribution in [2.24, 2.45) is 0 Å². The van der Waals surface area contributed by atoms with Gasteiger partial charge >= 0.3 is 5.97 Å². The summed E-state index contributed by atoms with van der Waals surface area (Å²) >= 11 is 0. The first-order chi connectivity index (χ1) is 17.2. The van der Waals surface area contributed by atoms with E-state index in [0.717, 1.165) is 0 Å². The Labute approximate surface area is 205 Å². The second-order valence-electron chi connectivity index (χ2n) is 8.80. The lowest BCUT2D eigenvalue weighted by atomic mass is 9.84. The number of benzene rings is 3. The minimum Gasteiger partial charge on any atom is -0.482 e. The Hall–Kier alpha value is -4.46. The number of carbonyl (C=O) groups excluding carboxylic acids is 3. The maximum absolute atomic E-state index is 13.4. The number of fused-ring (bicyclic) bond motifs is 3. The number of esters is 1. The molecule has 0 fully saturated rings. The molecule has 0 saturated carbocycles. The Kier molecular flexibility index (Phi) is 5.59. The third-order valence-electron chi connectivity index (χ3n) is 6.41. The first kappa shape index (κ1) is 23.3. The van der Waals surface area contributed by atoms with Crippen molar-refractivity contribution in [2.45, 2.75) is 25.9 Å². The molecule has 1 atom stereocenters. The largest absolute Gasteiger partial charge is 0.482 e. The highest BCUT2D eigenvalue weighted by molar-refractivity contribution is 6.15. The molecule has 7 nitrogen and oxygen atoms in total. The number of Topliss-reactive ketones (excluding diaryl/α,β-unsaturated/α-hetero) is 1. The third kappa shape index (κ3) is 3.80. The van der Waals surface area contributed by atoms with Gasteiger partial charge in [-0.3, -0.25) is 9.59 Å². The summed E-state index contributed by atoms with van der Waals surface area (Å²) < 4.78 is 30.3. The average Bonchev–Trinajstić information content (AvgIpc) is 3.20. The number of methoxy groups -OCH3 is 1. The number of carbonyl (C=O) groups is 3. The highest BCUT2D eigenvalue weighted by Crippen LogP contribution is 2.44. The minimum absolute atomic E-state index is 0.0118. The van der Waals surface area contributed by atoms with Gasteiger partial charge in [0.1, 0.15) is 22.8 Å². The number of furan rings is 1. The van der Waals surface area contributed by atoms with Crippen molar-refractivity contribution in [1.29, 1.82) is 0 Å². The van der Waals surface area contributed by atoms with E-state index in [1.54, 1.807) is 56.3 Å². The predicted octanol–water partition coefficient (Wildman–Crippen LogP) is 5.80. The number of hydrogen-bond donors (Lipinski definition) is 1. The first-order valence-electron chi connectivity index (χ1n) is 11.2. The molecule has 0 aliphatic carbocycles. The van der Waals surface area contributed by atoms with Crippen molar-refractivity contribution in [3.05, 3.63) is 94.5 Å². The van der Waals surface area contributed by atoms with Crippen molar-refractivity contribution in [3.8, 4) is 5.75 Å². The SMILES string of the molecule is COC(=O)c1ccccc1NC(=O)c1oc2ccc3c(c2c1C)C(=O)C[C@](C)(c1ccc(F)cc1)O3. The molecule has 1 aliphatic rings. The first-order valence-corrected chi connectivity index (χ1v) is 11.2. The number of hydrogen-bond acceptors (Lipinski definition) is 6. The van der Waals surface area contributed by atoms with Gasteiger partial charge in [0.05, 0.1) is 30.3 Å². The van der Waals surface area contributed by atoms with Crippen LogP contribution >= 0.6 is 0 Å². The zero-order chi connectivity index (χ0) is 25.6. The highest BCUT2D eigenvalue weighted by atomic mass is 19.1. The van der Waals surface area contributed by atoms with E-state index in [0.29, 0.717) is 33.4 Å². The molecule has 0 spiro atoms. The number of halogens is 1. The number of ketones is 1. The van der Waals surface area contributed by atoms with Crippen LogP contribution < -0.4 is 10.1 Å². The molecule has 1 aromatic heterocycles. The normalized spacial score (nSPS) is 16.8. The van der Waals surface area contributed by atoms with Crippen molar-refractivity contribution in [1.82, 2.24) is 0 Å². The van der Waals surface area contributed by atoms with Gasteiger partial charge in [-0.15, -0.1) is 0 Å². The zero-order valence-electron chi connectivity index (χ0n) is 19.8. The van der Waals surface area contributed by atoms with Gasteiger partial charge in [-0.05, 0) is 55.8 Å². The number of ether oxygens (including phenoxy) is 2. The maximum atomic E-state index is 13.4. The Bertz CT molecular complexity index is 1540. The second-order valence-corrected chi connectivity index (χ2v) is 8.80. The Morgan fingerprint density at radius 1 is 1.06 bits per heavy atom. The molecule has 182 valence electrons. The van der Waals surface area contributed by atoms with Crippen molar-refractivity contribution < 1.29 is 32.7 Å². The van der Waals surface area contributed by atoms with Gasteiger partial charge in [-0.2, -0.15) is 0 Å². The molecule has 1 amide bonds. The standard InChI is InChI=1S/C28H22FNO6/c1-15-23-21(35-25(15)26(32)30-19-7-5-4-6-18(19)27(33)34-3)12-13-22-24(23)20(31)14-28(2,36-22)16-8-10-17(29)11-9-16/h4-13H,14H2,1-3H3,(H,30,32)/t28-/m1/s1. The van der Waals surface area contributed by atoms with Crippen LogP contribution in [0.2, 0.25) is 0 Å². The monoisotopic (exact) mass is 487 g/mol. The van der Waals surface area contributed by atoms with Crippen LogP contribution in [0.1, 0.15) is 55.7 Å². The van der Waals surface area contributed by atoms with Gasteiger partial charge in [-0.1, -0.05) is 24.3 Å². The van der Waals surface area contributed by atoms with Crippen LogP contribution in [0.3, 0.4) is 0 Å². The van der Waals surface area contributed by atoms with Crippen LogP contribution in [-0.4, -0.2) is 24.8 Å². The molecule has 2 heterocycles. The topological polar surface area (TPSA) is 94.8 Å². The third-order valence-corrected chi connectivity index (χ3v) is 6.41. The van der Waals surface area contributed by atoms with Gasteiger partial charge in [0.15, 0.2) is 11.5 Å². The van der Waals surface area contributed by atoms with E-state index in [1.807, 2.05) is 0 Å². The number of rotatable bonds is 4. The van der Waals surface area contributed by atoms with E-state index < -0.39 is 17.5 Å². The van der Waals surface area contributed by atoms with E-state index in [2.05, 4.69) is 5.32 Å². The van der Waals surface area contributed by atoms with Crippen LogP contribution in [0.25, 0.3) is 11.0 Å². The molecule has 36 heavy (non-hydrogen) atoms. The smallest absolute Gasteiger partial charge is 0.339 e. The van der Waals surface area contributed by atoms with Crippen molar-refractivity contribution in [2.75, 3.05) is 12.4 Å². The number of amides is 1. The number of anilines is 1. The molecule has 8 heteroatoms. The quantitative estimate of drug-likeness (QED) is 0.366. The van der Waals surface area contributed by atoms with E-state index in [-0.39, 0.29) is 35.0 Å². The predicted molar refractivity (Wildman–Crippen MR) is 130 cm³/mol. The molecule has 1 aliphatic heterocycles. The zero-order valence-corrected chi connectivity index (χ0v) is 19.8. The van der Waals surface area contributed by atoms with Crippen LogP contribution in [-0.2, 0) is 10.3 Å². The summed E-state index contributed by atoms with van der Waals surface area (Å²) in [7, 11) is 1.26. The molecule has 3 aromatic carbocycles. The number of nitrogens with one attached hydrogen (secondary N) is 1. The lowest BCUT2D eigenvalue weighted by Gasteiger charge is -2.35. The molecule has 0 bridgehead atoms. The summed E-state index contributed by atoms with van der Waals surface area (Å²) in [6.45, 7) is 3.47. The lowest BCUT2D eigenvalue weighted by molar-refractivity contribution is 0.0506. The Balaban J connectivity index is 1.52. The van der Waals surface area contributed by atoms with E-state index in [1.165, 1.54) is 25.3 Å². The Morgan fingerprint density at radius 3 is 2.50 bits per heavy atom. The summed E-state index contributed by atoms with van der Waals surface area (Å²) in [4.78, 5) is 38.6. The summed E-state index contributed by atoms with van der Waals surface area (Å²) in [5.74, 6) is -1.35. The second kappa shape index (κ2) is 8.64. The summed E-state index contributed by atoms with van der Waals surface area (Å²) in [5.41, 5.74) is 1.34. The molecular formula is C28H22FNO6. The molecule has 4 aromatic rings. The van der Waals surface area contributed by atoms with Crippen LogP contribution in [0.5, 0.6) is 5.75 Å². The average molecular weight is 487 g/mol. The van der Waals surface area contributed by atoms with Crippen LogP contribution in [0, 0.1) is 12.7 Å². The number of aryl methyl sites for hydroxylation is 1. The number of para-hydroxylation sites is 1. The van der Waals surface area contributed by atoms with E-state index >= 15 is 0 Å². The minimum atomic E-state index is -0.971. The van der Waals surface area contributed by atoms with Gasteiger partial charge in [-0.25, -0.2) is 9.18 Å². The molecule has 1 N–H and O–H groups in total. The highest BCUT2D eigenvalue weighted by Gasteiger charge is 2.40. The van der Waals surface area contributed by atoms with Crippen LogP contribution in [0.4, 0.5) is 10.1 Å². The van der Waals surface area contributed by atoms with Gasteiger partial charge < -0.3 is 19.2 Å². The maximum Gasteiger partial charge on any atom is 0.339 e. The fourth-order valence-electron chi connectivity index (χ4n) is 4.60. The van der Waals surface area contributed by atoms with E-state index in [4.69, 9.17) is 13.9 Å².